The molecule has 1 amide bonds. The average molecular weight is 364 g/mol. The predicted octanol–water partition coefficient (Wildman–Crippen LogP) is 3.17. The fourth-order valence-corrected chi connectivity index (χ4v) is 2.46. The molecule has 0 atom stereocenters. The van der Waals surface area contributed by atoms with Gasteiger partial charge in [-0.2, -0.15) is 0 Å². The van der Waals surface area contributed by atoms with E-state index in [9.17, 15) is 4.79 Å². The highest BCUT2D eigenvalue weighted by atomic mass is 16.5. The normalized spacial score (nSPS) is 10.1. The molecular formula is C20H20N4O3. The van der Waals surface area contributed by atoms with E-state index in [4.69, 9.17) is 9.47 Å². The van der Waals surface area contributed by atoms with E-state index < -0.39 is 0 Å². The number of methoxy groups -OCH3 is 2. The highest BCUT2D eigenvalue weighted by Gasteiger charge is 2.10. The lowest BCUT2D eigenvalue weighted by Gasteiger charge is -2.09. The van der Waals surface area contributed by atoms with Gasteiger partial charge in [-0.05, 0) is 42.5 Å². The molecule has 0 aliphatic heterocycles. The molecule has 3 aromatic rings. The molecule has 0 bridgehead atoms. The van der Waals surface area contributed by atoms with Crippen molar-refractivity contribution < 1.29 is 14.3 Å². The fourth-order valence-electron chi connectivity index (χ4n) is 2.46. The van der Waals surface area contributed by atoms with E-state index in [2.05, 4.69) is 20.8 Å². The average Bonchev–Trinajstić information content (AvgIpc) is 2.73. The Bertz CT molecular complexity index is 896. The first-order chi connectivity index (χ1) is 13.2. The summed E-state index contributed by atoms with van der Waals surface area (Å²) in [7, 11) is 3.21. The van der Waals surface area contributed by atoms with E-state index in [1.165, 1.54) is 0 Å². The molecule has 7 heteroatoms. The molecule has 138 valence electrons. The van der Waals surface area contributed by atoms with Gasteiger partial charge in [-0.25, -0.2) is 0 Å². The second-order valence-corrected chi connectivity index (χ2v) is 5.65. The van der Waals surface area contributed by atoms with Gasteiger partial charge in [-0.15, -0.1) is 10.2 Å². The number of hydrogen-bond acceptors (Lipinski definition) is 6. The summed E-state index contributed by atoms with van der Waals surface area (Å²) < 4.78 is 10.4. The van der Waals surface area contributed by atoms with E-state index in [0.29, 0.717) is 12.4 Å². The topological polar surface area (TPSA) is 85.4 Å². The minimum absolute atomic E-state index is 0.241. The van der Waals surface area contributed by atoms with Crippen LogP contribution in [0.1, 0.15) is 16.1 Å². The van der Waals surface area contributed by atoms with Crippen molar-refractivity contribution in [3.05, 3.63) is 71.9 Å². The van der Waals surface area contributed by atoms with Gasteiger partial charge in [0.05, 0.1) is 14.2 Å². The van der Waals surface area contributed by atoms with Crippen molar-refractivity contribution in [3.8, 4) is 11.5 Å². The Kier molecular flexibility index (Phi) is 5.84. The van der Waals surface area contributed by atoms with Crippen molar-refractivity contribution in [1.82, 2.24) is 15.5 Å². The number of hydrogen-bond donors (Lipinski definition) is 2. The number of ether oxygens (including phenoxy) is 2. The first-order valence-corrected chi connectivity index (χ1v) is 8.34. The Balaban J connectivity index is 1.59. The first kappa shape index (κ1) is 18.2. The molecule has 0 spiro atoms. The molecule has 1 heterocycles. The number of nitrogens with one attached hydrogen (secondary N) is 2. The van der Waals surface area contributed by atoms with Gasteiger partial charge in [0.15, 0.2) is 11.5 Å². The molecule has 0 radical (unpaired) electrons. The van der Waals surface area contributed by atoms with Gasteiger partial charge in [-0.3, -0.25) is 4.79 Å². The highest BCUT2D eigenvalue weighted by molar-refractivity contribution is 5.92. The number of amides is 1. The van der Waals surface area contributed by atoms with E-state index in [0.717, 1.165) is 22.7 Å². The number of rotatable bonds is 7. The summed E-state index contributed by atoms with van der Waals surface area (Å²) in [6, 6.07) is 18.3. The molecule has 0 unspecified atom stereocenters. The number of para-hydroxylation sites is 1. The number of benzene rings is 2. The van der Waals surface area contributed by atoms with Crippen molar-refractivity contribution in [3.63, 3.8) is 0 Å². The van der Waals surface area contributed by atoms with E-state index >= 15 is 0 Å². The lowest BCUT2D eigenvalue weighted by molar-refractivity contribution is 0.0944. The number of carbonyl (C=O) groups is 1. The van der Waals surface area contributed by atoms with Crippen molar-refractivity contribution >= 4 is 17.4 Å². The van der Waals surface area contributed by atoms with Crippen LogP contribution in [-0.2, 0) is 6.54 Å². The van der Waals surface area contributed by atoms with Crippen LogP contribution in [0.15, 0.2) is 60.7 Å². The van der Waals surface area contributed by atoms with Gasteiger partial charge in [0.1, 0.15) is 11.5 Å². The number of carbonyl (C=O) groups excluding carboxylic acids is 1. The lowest BCUT2D eigenvalue weighted by atomic mass is 10.2. The molecule has 0 aliphatic carbocycles. The fraction of sp³-hybridized carbons (Fsp3) is 0.150. The maximum atomic E-state index is 12.3. The van der Waals surface area contributed by atoms with Crippen LogP contribution in [0.2, 0.25) is 0 Å². The first-order valence-electron chi connectivity index (χ1n) is 8.34. The van der Waals surface area contributed by atoms with Crippen LogP contribution in [0.4, 0.5) is 11.5 Å². The summed E-state index contributed by atoms with van der Waals surface area (Å²) in [6.07, 6.45) is 0. The van der Waals surface area contributed by atoms with Crippen molar-refractivity contribution in [2.45, 2.75) is 6.54 Å². The Morgan fingerprint density at radius 1 is 0.926 bits per heavy atom. The van der Waals surface area contributed by atoms with Crippen molar-refractivity contribution in [2.75, 3.05) is 19.5 Å². The van der Waals surface area contributed by atoms with Crippen LogP contribution >= 0.6 is 0 Å². The molecule has 0 aliphatic rings. The molecular weight excluding hydrogens is 344 g/mol. The number of nitrogens with zero attached hydrogens (tertiary/aromatic N) is 2. The third-order valence-electron chi connectivity index (χ3n) is 3.89. The van der Waals surface area contributed by atoms with Crippen LogP contribution in [-0.4, -0.2) is 30.3 Å². The Morgan fingerprint density at radius 3 is 2.37 bits per heavy atom. The van der Waals surface area contributed by atoms with Gasteiger partial charge in [-0.1, -0.05) is 18.2 Å². The van der Waals surface area contributed by atoms with Crippen molar-refractivity contribution in [2.24, 2.45) is 0 Å². The molecule has 27 heavy (non-hydrogen) atoms. The molecule has 0 fully saturated rings. The smallest absolute Gasteiger partial charge is 0.272 e. The number of aromatic nitrogens is 2. The SMILES string of the molecule is COc1ccc(Nc2ccc(C(=O)NCc3ccccc3OC)nn2)cc1. The Morgan fingerprint density at radius 2 is 1.70 bits per heavy atom. The van der Waals surface area contributed by atoms with Crippen LogP contribution in [0, 0.1) is 0 Å². The summed E-state index contributed by atoms with van der Waals surface area (Å²) in [6.45, 7) is 0.344. The zero-order chi connectivity index (χ0) is 19.1. The van der Waals surface area contributed by atoms with Gasteiger partial charge >= 0.3 is 0 Å². The number of anilines is 2. The summed E-state index contributed by atoms with van der Waals surface area (Å²) in [5, 5.41) is 14.0. The van der Waals surface area contributed by atoms with Crippen LogP contribution in [0.5, 0.6) is 11.5 Å². The van der Waals surface area contributed by atoms with E-state index in [1.807, 2.05) is 48.5 Å². The quantitative estimate of drug-likeness (QED) is 0.670. The molecule has 7 nitrogen and oxygen atoms in total. The molecule has 0 saturated carbocycles. The van der Waals surface area contributed by atoms with Gasteiger partial charge < -0.3 is 20.1 Å². The van der Waals surface area contributed by atoms with E-state index in [1.54, 1.807) is 26.4 Å². The van der Waals surface area contributed by atoms with Crippen LogP contribution in [0.3, 0.4) is 0 Å². The minimum atomic E-state index is -0.301. The predicted molar refractivity (Wildman–Crippen MR) is 102 cm³/mol. The second kappa shape index (κ2) is 8.66. The molecule has 3 rings (SSSR count). The third-order valence-corrected chi connectivity index (χ3v) is 3.89. The monoisotopic (exact) mass is 364 g/mol. The standard InChI is InChI=1S/C20H20N4O3/c1-26-16-9-7-15(8-10-16)22-19-12-11-17(23-24-19)20(25)21-13-14-5-3-4-6-18(14)27-2/h3-12H,13H2,1-2H3,(H,21,25)(H,22,24). The van der Waals surface area contributed by atoms with Gasteiger partial charge in [0.25, 0.3) is 5.91 Å². The van der Waals surface area contributed by atoms with Crippen LogP contribution in [0.25, 0.3) is 0 Å². The summed E-state index contributed by atoms with van der Waals surface area (Å²) >= 11 is 0. The summed E-state index contributed by atoms with van der Waals surface area (Å²) in [5.74, 6) is 1.74. The largest absolute Gasteiger partial charge is 0.497 e. The molecule has 1 aromatic heterocycles. The lowest BCUT2D eigenvalue weighted by Crippen LogP contribution is -2.24. The molecule has 2 N–H and O–H groups in total. The minimum Gasteiger partial charge on any atom is -0.497 e. The highest BCUT2D eigenvalue weighted by Crippen LogP contribution is 2.19. The van der Waals surface area contributed by atoms with Gasteiger partial charge in [0, 0.05) is 17.8 Å². The zero-order valence-corrected chi connectivity index (χ0v) is 15.1. The maximum absolute atomic E-state index is 12.3. The second-order valence-electron chi connectivity index (χ2n) is 5.65. The molecule has 0 saturated heterocycles. The van der Waals surface area contributed by atoms with E-state index in [-0.39, 0.29) is 11.6 Å². The van der Waals surface area contributed by atoms with Crippen LogP contribution < -0.4 is 20.1 Å². The summed E-state index contributed by atoms with van der Waals surface area (Å²) in [4.78, 5) is 12.3. The molecule has 2 aromatic carbocycles. The van der Waals surface area contributed by atoms with Crippen molar-refractivity contribution in [1.29, 1.82) is 0 Å². The summed E-state index contributed by atoms with van der Waals surface area (Å²) in [5.41, 5.74) is 1.97. The Labute approximate surface area is 157 Å². The third kappa shape index (κ3) is 4.72. The Hall–Kier alpha value is -3.61. The van der Waals surface area contributed by atoms with Gasteiger partial charge in [0.2, 0.25) is 0 Å². The zero-order valence-electron chi connectivity index (χ0n) is 15.1. The maximum Gasteiger partial charge on any atom is 0.272 e.